The predicted octanol–water partition coefficient (Wildman–Crippen LogP) is 2.28. The van der Waals surface area contributed by atoms with Gasteiger partial charge >= 0.3 is 0 Å². The molecule has 0 aromatic carbocycles. The fraction of sp³-hybridized carbons (Fsp3) is 0.500. The zero-order valence-corrected chi connectivity index (χ0v) is 11.9. The van der Waals surface area contributed by atoms with Gasteiger partial charge in [0.15, 0.2) is 6.33 Å². The molecule has 5 heteroatoms. The van der Waals surface area contributed by atoms with Gasteiger partial charge < -0.3 is 9.84 Å². The van der Waals surface area contributed by atoms with Crippen molar-refractivity contribution in [1.29, 1.82) is 0 Å². The van der Waals surface area contributed by atoms with E-state index in [1.54, 1.807) is 0 Å². The lowest BCUT2D eigenvalue weighted by Crippen LogP contribution is -2.23. The molecule has 0 aliphatic heterocycles. The molecule has 0 aliphatic carbocycles. The van der Waals surface area contributed by atoms with Gasteiger partial charge in [0.25, 0.3) is 0 Å². The van der Waals surface area contributed by atoms with Gasteiger partial charge in [0.2, 0.25) is 5.89 Å². The lowest BCUT2D eigenvalue weighted by atomic mass is 10.0. The number of aromatic nitrogens is 3. The first-order valence-corrected chi connectivity index (χ1v) is 6.51. The molecule has 2 aromatic heterocycles. The Morgan fingerprint density at radius 3 is 2.74 bits per heavy atom. The molecule has 1 atom stereocenters. The van der Waals surface area contributed by atoms with E-state index in [9.17, 15) is 0 Å². The summed E-state index contributed by atoms with van der Waals surface area (Å²) in [5.41, 5.74) is 4.71. The minimum absolute atomic E-state index is 0.260. The molecule has 2 rings (SSSR count). The Morgan fingerprint density at radius 1 is 1.32 bits per heavy atom. The third-order valence-corrected chi connectivity index (χ3v) is 3.21. The Morgan fingerprint density at radius 2 is 2.11 bits per heavy atom. The van der Waals surface area contributed by atoms with E-state index in [0.29, 0.717) is 5.89 Å². The summed E-state index contributed by atoms with van der Waals surface area (Å²) in [6.45, 7) is 9.17. The number of aryl methyl sites for hydroxylation is 3. The highest BCUT2D eigenvalue weighted by Crippen LogP contribution is 2.20. The molecule has 1 N–H and O–H groups in total. The monoisotopic (exact) mass is 260 g/mol. The Balaban J connectivity index is 1.98. The van der Waals surface area contributed by atoms with Gasteiger partial charge in [0.05, 0.1) is 0 Å². The van der Waals surface area contributed by atoms with E-state index in [1.807, 2.05) is 6.92 Å². The molecule has 19 heavy (non-hydrogen) atoms. The van der Waals surface area contributed by atoms with Crippen molar-refractivity contribution in [3.05, 3.63) is 40.8 Å². The van der Waals surface area contributed by atoms with E-state index in [1.165, 1.54) is 17.5 Å². The Labute approximate surface area is 113 Å². The number of rotatable bonds is 5. The summed E-state index contributed by atoms with van der Waals surface area (Å²) >= 11 is 0. The van der Waals surface area contributed by atoms with Crippen molar-refractivity contribution in [2.75, 3.05) is 6.54 Å². The lowest BCUT2D eigenvalue weighted by Gasteiger charge is -2.18. The van der Waals surface area contributed by atoms with E-state index in [0.717, 1.165) is 24.4 Å². The molecular weight excluding hydrogens is 240 g/mol. The molecule has 0 amide bonds. The van der Waals surface area contributed by atoms with Crippen LogP contribution < -0.4 is 5.32 Å². The normalized spacial score (nSPS) is 12.6. The highest BCUT2D eigenvalue weighted by atomic mass is 16.5. The van der Waals surface area contributed by atoms with Crippen LogP contribution >= 0.6 is 0 Å². The smallest absolute Gasteiger partial charge is 0.227 e. The summed E-state index contributed by atoms with van der Waals surface area (Å²) in [5.74, 6) is 0.662. The summed E-state index contributed by atoms with van der Waals surface area (Å²) in [6, 6.07) is 2.38. The van der Waals surface area contributed by atoms with Crippen LogP contribution in [0.3, 0.4) is 0 Å². The Bertz CT molecular complexity index is 513. The molecule has 0 radical (unpaired) electrons. The van der Waals surface area contributed by atoms with Gasteiger partial charge in [-0.25, -0.2) is 0 Å². The molecule has 0 aliphatic rings. The predicted molar refractivity (Wildman–Crippen MR) is 72.9 cm³/mol. The Kier molecular flexibility index (Phi) is 4.27. The molecule has 0 fully saturated rings. The number of nitrogens with one attached hydrogen (secondary N) is 1. The maximum absolute atomic E-state index is 4.97. The van der Waals surface area contributed by atoms with Crippen molar-refractivity contribution in [2.24, 2.45) is 0 Å². The Hall–Kier alpha value is -1.75. The average Bonchev–Trinajstić information content (AvgIpc) is 2.80. The van der Waals surface area contributed by atoms with E-state index < -0.39 is 0 Å². The van der Waals surface area contributed by atoms with E-state index in [4.69, 9.17) is 4.52 Å². The fourth-order valence-corrected chi connectivity index (χ4v) is 2.49. The van der Waals surface area contributed by atoms with Gasteiger partial charge in [-0.3, -0.25) is 4.98 Å². The minimum Gasteiger partial charge on any atom is -0.340 e. The summed E-state index contributed by atoms with van der Waals surface area (Å²) in [5, 5.41) is 7.06. The number of nitrogens with zero attached hydrogens (tertiary/aromatic N) is 3. The van der Waals surface area contributed by atoms with Crippen LogP contribution in [0.15, 0.2) is 16.9 Å². The van der Waals surface area contributed by atoms with Gasteiger partial charge in [0, 0.05) is 30.4 Å². The molecule has 2 aromatic rings. The zero-order chi connectivity index (χ0) is 13.8. The molecule has 5 nitrogen and oxygen atoms in total. The maximum atomic E-state index is 4.97. The highest BCUT2D eigenvalue weighted by molar-refractivity contribution is 5.33. The molecular formula is C14H20N4O. The van der Waals surface area contributed by atoms with Crippen LogP contribution in [0.25, 0.3) is 0 Å². The third kappa shape index (κ3) is 3.38. The largest absolute Gasteiger partial charge is 0.340 e. The quantitative estimate of drug-likeness (QED) is 0.893. The molecule has 102 valence electrons. The second-order valence-corrected chi connectivity index (χ2v) is 4.84. The molecule has 0 spiro atoms. The number of hydrogen-bond acceptors (Lipinski definition) is 5. The molecule has 0 saturated heterocycles. The highest BCUT2D eigenvalue weighted by Gasteiger charge is 2.12. The fourth-order valence-electron chi connectivity index (χ4n) is 2.49. The standard InChI is InChI=1S/C14H20N4O/c1-9-7-10(2)18-12(4)14(9)11(3)15-6-5-13-16-8-17-19-13/h7-8,11,15H,5-6H2,1-4H3. The van der Waals surface area contributed by atoms with Crippen molar-refractivity contribution >= 4 is 0 Å². The van der Waals surface area contributed by atoms with Crippen LogP contribution in [0.4, 0.5) is 0 Å². The van der Waals surface area contributed by atoms with Crippen LogP contribution in [0.5, 0.6) is 0 Å². The summed E-state index contributed by atoms with van der Waals surface area (Å²) in [6.07, 6.45) is 2.17. The second-order valence-electron chi connectivity index (χ2n) is 4.84. The lowest BCUT2D eigenvalue weighted by molar-refractivity contribution is 0.372. The first kappa shape index (κ1) is 13.7. The van der Waals surface area contributed by atoms with Crippen molar-refractivity contribution in [1.82, 2.24) is 20.4 Å². The van der Waals surface area contributed by atoms with Gasteiger partial charge in [-0.2, -0.15) is 4.98 Å². The van der Waals surface area contributed by atoms with Crippen molar-refractivity contribution in [3.63, 3.8) is 0 Å². The molecule has 2 heterocycles. The first-order chi connectivity index (χ1) is 9.08. The van der Waals surface area contributed by atoms with Gasteiger partial charge in [-0.15, -0.1) is 0 Å². The topological polar surface area (TPSA) is 63.8 Å². The molecule has 0 bridgehead atoms. The zero-order valence-electron chi connectivity index (χ0n) is 11.9. The van der Waals surface area contributed by atoms with E-state index in [-0.39, 0.29) is 6.04 Å². The average molecular weight is 260 g/mol. The molecule has 0 saturated carbocycles. The number of hydrogen-bond donors (Lipinski definition) is 1. The second kappa shape index (κ2) is 5.93. The summed E-state index contributed by atoms with van der Waals surface area (Å²) in [7, 11) is 0. The van der Waals surface area contributed by atoms with Gasteiger partial charge in [0.1, 0.15) is 0 Å². The van der Waals surface area contributed by atoms with Crippen LogP contribution in [-0.4, -0.2) is 21.7 Å². The SMILES string of the molecule is Cc1cc(C)c(C(C)NCCc2ncno2)c(C)n1. The van der Waals surface area contributed by atoms with Gasteiger partial charge in [-0.1, -0.05) is 5.16 Å². The van der Waals surface area contributed by atoms with Crippen molar-refractivity contribution in [3.8, 4) is 0 Å². The van der Waals surface area contributed by atoms with Gasteiger partial charge in [-0.05, 0) is 44.9 Å². The maximum Gasteiger partial charge on any atom is 0.227 e. The van der Waals surface area contributed by atoms with E-state index in [2.05, 4.69) is 47.3 Å². The molecule has 1 unspecified atom stereocenters. The first-order valence-electron chi connectivity index (χ1n) is 6.51. The third-order valence-electron chi connectivity index (χ3n) is 3.21. The summed E-state index contributed by atoms with van der Waals surface area (Å²) < 4.78 is 4.97. The van der Waals surface area contributed by atoms with Crippen LogP contribution in [0, 0.1) is 20.8 Å². The van der Waals surface area contributed by atoms with Crippen LogP contribution in [-0.2, 0) is 6.42 Å². The van der Waals surface area contributed by atoms with Crippen molar-refractivity contribution in [2.45, 2.75) is 40.2 Å². The summed E-state index contributed by atoms with van der Waals surface area (Å²) in [4.78, 5) is 8.53. The van der Waals surface area contributed by atoms with Crippen molar-refractivity contribution < 1.29 is 4.52 Å². The van der Waals surface area contributed by atoms with Crippen LogP contribution in [0.1, 0.15) is 41.4 Å². The van der Waals surface area contributed by atoms with E-state index >= 15 is 0 Å². The van der Waals surface area contributed by atoms with Crippen LogP contribution in [0.2, 0.25) is 0 Å². The minimum atomic E-state index is 0.260. The number of pyridine rings is 1.